The van der Waals surface area contributed by atoms with Gasteiger partial charge in [-0.15, -0.1) is 0 Å². The van der Waals surface area contributed by atoms with Gasteiger partial charge in [0.05, 0.1) is 330 Å². The van der Waals surface area contributed by atoms with Crippen molar-refractivity contribution in [1.29, 1.82) is 0 Å². The highest BCUT2D eigenvalue weighted by Gasteiger charge is 2.02. The second-order valence-corrected chi connectivity index (χ2v) is 16.0. The number of rotatable bonds is 75. The molecule has 0 aromatic heterocycles. The summed E-state index contributed by atoms with van der Waals surface area (Å²) in [7, 11) is 1.64. The Labute approximate surface area is 471 Å². The highest BCUT2D eigenvalue weighted by molar-refractivity contribution is 4.49. The van der Waals surface area contributed by atoms with Gasteiger partial charge in [0.1, 0.15) is 6.10 Å². The van der Waals surface area contributed by atoms with Crippen LogP contribution in [0.15, 0.2) is 0 Å². The van der Waals surface area contributed by atoms with E-state index in [2.05, 4.69) is 0 Å². The van der Waals surface area contributed by atoms with Crippen LogP contribution in [-0.2, 0) is 118 Å². The standard InChI is InChI=1S/C52H106O27/c1-55-2-3-56-4-5-57-6-7-58-8-9-59-10-11-60-12-13-61-14-15-62-16-17-63-18-19-64-20-21-65-22-23-66-24-25-67-26-27-68-28-29-69-30-31-70-32-33-71-34-35-72-36-37-73-38-39-74-40-41-75-42-43-76-44-45-77-46-47-78-48-49-79-51-52(54)50-53/h52-54H,2-51H2,1H3. The molecule has 0 saturated carbocycles. The SMILES string of the molecule is COCCOCCOCCOCCOCCOCCOCCOCCOCCOCCOCCOCCOCCOCCOCCOCCOCCOCCOCCOCCOCCOCCOCCOCCOCC(O)CO. The van der Waals surface area contributed by atoms with Gasteiger partial charge in [-0.05, 0) is 0 Å². The highest BCUT2D eigenvalue weighted by atomic mass is 16.6. The summed E-state index contributed by atoms with van der Waals surface area (Å²) in [4.78, 5) is 0. The van der Waals surface area contributed by atoms with Crippen LogP contribution in [0, 0.1) is 0 Å². The largest absolute Gasteiger partial charge is 0.394 e. The molecule has 476 valence electrons. The van der Waals surface area contributed by atoms with Crippen LogP contribution < -0.4 is 0 Å². The van der Waals surface area contributed by atoms with Crippen LogP contribution in [0.3, 0.4) is 0 Å². The van der Waals surface area contributed by atoms with Crippen molar-refractivity contribution in [3.05, 3.63) is 0 Å². The van der Waals surface area contributed by atoms with E-state index in [9.17, 15) is 0 Å². The number of aliphatic hydroxyl groups is 2. The van der Waals surface area contributed by atoms with Crippen LogP contribution in [0.25, 0.3) is 0 Å². The Morgan fingerprint density at radius 1 is 0.177 bits per heavy atom. The van der Waals surface area contributed by atoms with Crippen LogP contribution in [-0.4, -0.2) is 354 Å². The zero-order chi connectivity index (χ0) is 56.6. The minimum atomic E-state index is -0.856. The first kappa shape index (κ1) is 77.9. The van der Waals surface area contributed by atoms with Crippen LogP contribution in [0.1, 0.15) is 0 Å². The molecule has 2 N–H and O–H groups in total. The van der Waals surface area contributed by atoms with Crippen molar-refractivity contribution in [2.45, 2.75) is 6.10 Å². The lowest BCUT2D eigenvalue weighted by Gasteiger charge is -2.09. The van der Waals surface area contributed by atoms with Gasteiger partial charge in [-0.1, -0.05) is 0 Å². The minimum Gasteiger partial charge on any atom is -0.394 e. The molecule has 0 aliphatic heterocycles. The van der Waals surface area contributed by atoms with Gasteiger partial charge in [-0.3, -0.25) is 0 Å². The fourth-order valence-electron chi connectivity index (χ4n) is 5.47. The Kier molecular flexibility index (Phi) is 73.9. The Morgan fingerprint density at radius 3 is 0.380 bits per heavy atom. The smallest absolute Gasteiger partial charge is 0.100 e. The lowest BCUT2D eigenvalue weighted by molar-refractivity contribution is -0.0333. The molecule has 0 fully saturated rings. The van der Waals surface area contributed by atoms with Crippen molar-refractivity contribution in [2.75, 3.05) is 337 Å². The first-order valence-electron chi connectivity index (χ1n) is 27.9. The first-order chi connectivity index (χ1) is 39.3. The molecule has 0 amide bonds. The summed E-state index contributed by atoms with van der Waals surface area (Å²) in [5.41, 5.74) is 0. The molecular formula is C52H106O27. The van der Waals surface area contributed by atoms with E-state index in [0.29, 0.717) is 317 Å². The molecular weight excluding hydrogens is 1060 g/mol. The van der Waals surface area contributed by atoms with Gasteiger partial charge in [0.25, 0.3) is 0 Å². The normalized spacial score (nSPS) is 12.2. The van der Waals surface area contributed by atoms with E-state index in [1.807, 2.05) is 0 Å². The van der Waals surface area contributed by atoms with E-state index < -0.39 is 6.10 Å². The summed E-state index contributed by atoms with van der Waals surface area (Å²) >= 11 is 0. The van der Waals surface area contributed by atoms with Crippen molar-refractivity contribution in [3.63, 3.8) is 0 Å². The second kappa shape index (κ2) is 74.9. The van der Waals surface area contributed by atoms with Gasteiger partial charge in [-0.2, -0.15) is 0 Å². The quantitative estimate of drug-likeness (QED) is 0.0719. The third kappa shape index (κ3) is 74.9. The third-order valence-corrected chi connectivity index (χ3v) is 9.51. The number of methoxy groups -OCH3 is 1. The van der Waals surface area contributed by atoms with Gasteiger partial charge in [0.15, 0.2) is 0 Å². The molecule has 0 radical (unpaired) electrons. The lowest BCUT2D eigenvalue weighted by atomic mass is 10.4. The monoisotopic (exact) mass is 1160 g/mol. The molecule has 0 aliphatic carbocycles. The topological polar surface area (TPSA) is 271 Å². The van der Waals surface area contributed by atoms with Crippen LogP contribution in [0.5, 0.6) is 0 Å². The molecule has 27 heteroatoms. The Morgan fingerprint density at radius 2 is 0.278 bits per heavy atom. The lowest BCUT2D eigenvalue weighted by Crippen LogP contribution is -2.21. The Hall–Kier alpha value is -1.08. The van der Waals surface area contributed by atoms with Crippen molar-refractivity contribution in [1.82, 2.24) is 0 Å². The van der Waals surface area contributed by atoms with Crippen LogP contribution in [0.2, 0.25) is 0 Å². The molecule has 0 aromatic carbocycles. The molecule has 27 nitrogen and oxygen atoms in total. The predicted octanol–water partition coefficient (Wildman–Crippen LogP) is -0.616. The number of ether oxygens (including phenoxy) is 25. The van der Waals surface area contributed by atoms with Crippen molar-refractivity contribution >= 4 is 0 Å². The third-order valence-electron chi connectivity index (χ3n) is 9.51. The maximum Gasteiger partial charge on any atom is 0.100 e. The molecule has 0 saturated heterocycles. The van der Waals surface area contributed by atoms with Crippen molar-refractivity contribution < 1.29 is 129 Å². The minimum absolute atomic E-state index is 0.0883. The average molecular weight is 1160 g/mol. The first-order valence-corrected chi connectivity index (χ1v) is 27.9. The van der Waals surface area contributed by atoms with Crippen molar-refractivity contribution in [3.8, 4) is 0 Å². The van der Waals surface area contributed by atoms with Gasteiger partial charge in [0, 0.05) is 7.11 Å². The fourth-order valence-corrected chi connectivity index (χ4v) is 5.47. The maximum absolute atomic E-state index is 9.15. The maximum atomic E-state index is 9.15. The Balaban J connectivity index is 3.08. The number of hydrogen-bond acceptors (Lipinski definition) is 27. The molecule has 1 unspecified atom stereocenters. The zero-order valence-electron chi connectivity index (χ0n) is 48.0. The molecule has 0 bridgehead atoms. The van der Waals surface area contributed by atoms with Crippen LogP contribution in [0.4, 0.5) is 0 Å². The number of hydrogen-bond donors (Lipinski definition) is 2. The van der Waals surface area contributed by atoms with E-state index in [1.54, 1.807) is 7.11 Å². The fraction of sp³-hybridized carbons (Fsp3) is 1.00. The molecule has 0 rings (SSSR count). The van der Waals surface area contributed by atoms with Gasteiger partial charge in [0.2, 0.25) is 0 Å². The summed E-state index contributed by atoms with van der Waals surface area (Å²) < 4.78 is 136. The van der Waals surface area contributed by atoms with E-state index >= 15 is 0 Å². The van der Waals surface area contributed by atoms with Crippen LogP contribution >= 0.6 is 0 Å². The Bertz CT molecular complexity index is 1050. The molecule has 0 aliphatic rings. The van der Waals surface area contributed by atoms with Crippen molar-refractivity contribution in [2.24, 2.45) is 0 Å². The number of aliphatic hydroxyl groups excluding tert-OH is 2. The average Bonchev–Trinajstić information content (AvgIpc) is 3.46. The summed E-state index contributed by atoms with van der Waals surface area (Å²) in [5.74, 6) is 0. The van der Waals surface area contributed by atoms with E-state index in [1.165, 1.54) is 0 Å². The van der Waals surface area contributed by atoms with Gasteiger partial charge < -0.3 is 129 Å². The molecule has 1 atom stereocenters. The summed E-state index contributed by atoms with van der Waals surface area (Å²) in [5, 5.41) is 17.8. The van der Waals surface area contributed by atoms with Gasteiger partial charge in [-0.25, -0.2) is 0 Å². The molecule has 0 heterocycles. The molecule has 79 heavy (non-hydrogen) atoms. The zero-order valence-corrected chi connectivity index (χ0v) is 48.0. The van der Waals surface area contributed by atoms with E-state index in [0.717, 1.165) is 0 Å². The van der Waals surface area contributed by atoms with E-state index in [-0.39, 0.29) is 13.2 Å². The van der Waals surface area contributed by atoms with E-state index in [4.69, 9.17) is 129 Å². The summed E-state index contributed by atoms with van der Waals surface area (Å²) in [6.07, 6.45) is -0.856. The molecule has 0 aromatic rings. The van der Waals surface area contributed by atoms with Gasteiger partial charge >= 0.3 is 0 Å². The summed E-state index contributed by atoms with van der Waals surface area (Å²) in [6.45, 7) is 23.1. The molecule has 0 spiro atoms. The predicted molar refractivity (Wildman–Crippen MR) is 285 cm³/mol. The summed E-state index contributed by atoms with van der Waals surface area (Å²) in [6, 6.07) is 0. The highest BCUT2D eigenvalue weighted by Crippen LogP contribution is 1.92. The second-order valence-electron chi connectivity index (χ2n) is 16.0.